The highest BCUT2D eigenvalue weighted by Crippen LogP contribution is 2.49. The zero-order valence-electron chi connectivity index (χ0n) is 12.2. The number of hydrogen-bond donors (Lipinski definition) is 1. The van der Waals surface area contributed by atoms with Gasteiger partial charge in [-0.15, -0.1) is 0 Å². The number of nitrogen functional groups attached to an aromatic ring is 1. The van der Waals surface area contributed by atoms with Gasteiger partial charge in [0.25, 0.3) is 0 Å². The summed E-state index contributed by atoms with van der Waals surface area (Å²) in [6.45, 7) is 2.76. The Kier molecular flexibility index (Phi) is 3.68. The number of carbonyl (C=O) groups is 1. The van der Waals surface area contributed by atoms with Gasteiger partial charge in [-0.1, -0.05) is 6.42 Å². The number of hydrogen-bond acceptors (Lipinski definition) is 2. The summed E-state index contributed by atoms with van der Waals surface area (Å²) in [5.41, 5.74) is 7.42. The van der Waals surface area contributed by atoms with Crippen molar-refractivity contribution in [1.82, 2.24) is 0 Å². The van der Waals surface area contributed by atoms with Gasteiger partial charge in [0.05, 0.1) is 0 Å². The Morgan fingerprint density at radius 3 is 2.55 bits per heavy atom. The molecule has 108 valence electrons. The number of carbonyl (C=O) groups excluding carboxylic acids is 1. The number of nitrogens with zero attached hydrogens (tertiary/aromatic N) is 1. The van der Waals surface area contributed by atoms with E-state index in [9.17, 15) is 4.79 Å². The molecule has 3 heteroatoms. The molecular weight excluding hydrogens is 248 g/mol. The molecule has 3 rings (SSSR count). The van der Waals surface area contributed by atoms with Gasteiger partial charge in [0.2, 0.25) is 5.91 Å². The van der Waals surface area contributed by atoms with Crippen LogP contribution in [0.15, 0.2) is 24.3 Å². The van der Waals surface area contributed by atoms with Crippen LogP contribution in [-0.2, 0) is 4.79 Å². The average Bonchev–Trinajstić information content (AvgIpc) is 3.04. The van der Waals surface area contributed by atoms with E-state index in [0.717, 1.165) is 36.2 Å². The molecule has 2 N–H and O–H groups in total. The second kappa shape index (κ2) is 5.47. The van der Waals surface area contributed by atoms with Gasteiger partial charge in [0.1, 0.15) is 0 Å². The minimum atomic E-state index is 0.273. The number of amides is 1. The maximum absolute atomic E-state index is 12.6. The number of anilines is 2. The van der Waals surface area contributed by atoms with Crippen LogP contribution in [0.1, 0.15) is 39.0 Å². The van der Waals surface area contributed by atoms with Crippen molar-refractivity contribution < 1.29 is 4.79 Å². The maximum atomic E-state index is 12.6. The van der Waals surface area contributed by atoms with Crippen molar-refractivity contribution in [3.8, 4) is 0 Å². The van der Waals surface area contributed by atoms with Crippen LogP contribution in [0, 0.1) is 17.8 Å². The summed E-state index contributed by atoms with van der Waals surface area (Å²) in [6.07, 6.45) is 6.10. The van der Waals surface area contributed by atoms with E-state index >= 15 is 0 Å². The van der Waals surface area contributed by atoms with Crippen LogP contribution >= 0.6 is 0 Å². The van der Waals surface area contributed by atoms with Crippen molar-refractivity contribution in [2.24, 2.45) is 17.8 Å². The normalized spacial score (nSPS) is 27.8. The van der Waals surface area contributed by atoms with Crippen LogP contribution in [0.2, 0.25) is 0 Å². The van der Waals surface area contributed by atoms with E-state index in [1.807, 2.05) is 36.1 Å². The molecule has 0 aliphatic heterocycles. The van der Waals surface area contributed by atoms with Crippen molar-refractivity contribution in [2.45, 2.75) is 39.0 Å². The van der Waals surface area contributed by atoms with Gasteiger partial charge >= 0.3 is 0 Å². The smallest absolute Gasteiger partial charge is 0.227 e. The van der Waals surface area contributed by atoms with Crippen LogP contribution < -0.4 is 10.6 Å². The molecule has 0 radical (unpaired) electrons. The first-order chi connectivity index (χ1) is 9.67. The molecule has 3 atom stereocenters. The molecule has 3 unspecified atom stereocenters. The minimum Gasteiger partial charge on any atom is -0.399 e. The largest absolute Gasteiger partial charge is 0.399 e. The van der Waals surface area contributed by atoms with Crippen molar-refractivity contribution in [3.63, 3.8) is 0 Å². The molecule has 1 aromatic carbocycles. The summed E-state index contributed by atoms with van der Waals surface area (Å²) in [4.78, 5) is 14.5. The molecule has 0 heterocycles. The third-order valence-corrected chi connectivity index (χ3v) is 5.14. The van der Waals surface area contributed by atoms with Crippen LogP contribution in [0.3, 0.4) is 0 Å². The van der Waals surface area contributed by atoms with Crippen molar-refractivity contribution in [2.75, 3.05) is 17.2 Å². The quantitative estimate of drug-likeness (QED) is 0.853. The average molecular weight is 272 g/mol. The van der Waals surface area contributed by atoms with Gasteiger partial charge in [0.15, 0.2) is 0 Å². The topological polar surface area (TPSA) is 46.3 Å². The summed E-state index contributed by atoms with van der Waals surface area (Å²) in [5.74, 6) is 2.62. The van der Waals surface area contributed by atoms with Gasteiger partial charge in [-0.2, -0.15) is 0 Å². The Morgan fingerprint density at radius 2 is 2.00 bits per heavy atom. The van der Waals surface area contributed by atoms with Crippen molar-refractivity contribution >= 4 is 17.3 Å². The maximum Gasteiger partial charge on any atom is 0.227 e. The summed E-state index contributed by atoms with van der Waals surface area (Å²) in [6, 6.07) is 7.61. The summed E-state index contributed by atoms with van der Waals surface area (Å²) >= 11 is 0. The molecule has 2 bridgehead atoms. The molecule has 3 nitrogen and oxygen atoms in total. The van der Waals surface area contributed by atoms with Gasteiger partial charge in [-0.25, -0.2) is 0 Å². The zero-order valence-corrected chi connectivity index (χ0v) is 12.2. The molecule has 0 saturated heterocycles. The first-order valence-electron chi connectivity index (χ1n) is 7.83. The molecule has 0 spiro atoms. The van der Waals surface area contributed by atoms with E-state index in [1.165, 1.54) is 25.7 Å². The van der Waals surface area contributed by atoms with E-state index in [1.54, 1.807) is 0 Å². The first kappa shape index (κ1) is 13.5. The Hall–Kier alpha value is -1.51. The fourth-order valence-electron chi connectivity index (χ4n) is 4.12. The van der Waals surface area contributed by atoms with Gasteiger partial charge in [0, 0.05) is 24.3 Å². The predicted molar refractivity (Wildman–Crippen MR) is 82.4 cm³/mol. The van der Waals surface area contributed by atoms with Crippen LogP contribution in [0.5, 0.6) is 0 Å². The molecule has 1 amide bonds. The fourth-order valence-corrected chi connectivity index (χ4v) is 4.12. The lowest BCUT2D eigenvalue weighted by atomic mass is 9.86. The van der Waals surface area contributed by atoms with E-state index < -0.39 is 0 Å². The molecule has 2 saturated carbocycles. The monoisotopic (exact) mass is 272 g/mol. The van der Waals surface area contributed by atoms with E-state index in [-0.39, 0.29) is 5.91 Å². The van der Waals surface area contributed by atoms with Gasteiger partial charge in [-0.3, -0.25) is 4.79 Å². The number of benzene rings is 1. The second-order valence-electron chi connectivity index (χ2n) is 6.37. The minimum absolute atomic E-state index is 0.273. The van der Waals surface area contributed by atoms with Crippen molar-refractivity contribution in [3.05, 3.63) is 24.3 Å². The molecule has 2 aliphatic rings. The molecular formula is C17H24N2O. The molecule has 0 aromatic heterocycles. The molecule has 2 fully saturated rings. The highest BCUT2D eigenvalue weighted by atomic mass is 16.2. The molecule has 20 heavy (non-hydrogen) atoms. The Labute approximate surface area is 121 Å². The van der Waals surface area contributed by atoms with Crippen LogP contribution in [0.25, 0.3) is 0 Å². The highest BCUT2D eigenvalue weighted by molar-refractivity contribution is 5.93. The Bertz CT molecular complexity index is 482. The standard InChI is InChI=1S/C17H24N2O/c1-2-19(16-7-5-15(18)6-8-16)17(20)11-14-10-12-3-4-13(14)9-12/h5-8,12-14H,2-4,9-11,18H2,1H3. The lowest BCUT2D eigenvalue weighted by molar-refractivity contribution is -0.119. The zero-order chi connectivity index (χ0) is 14.1. The summed E-state index contributed by atoms with van der Waals surface area (Å²) in [7, 11) is 0. The number of rotatable bonds is 4. The lowest BCUT2D eigenvalue weighted by Crippen LogP contribution is -2.33. The van der Waals surface area contributed by atoms with Gasteiger partial charge < -0.3 is 10.6 Å². The van der Waals surface area contributed by atoms with Crippen LogP contribution in [-0.4, -0.2) is 12.5 Å². The molecule has 2 aliphatic carbocycles. The first-order valence-corrected chi connectivity index (χ1v) is 7.83. The van der Waals surface area contributed by atoms with Crippen LogP contribution in [0.4, 0.5) is 11.4 Å². The van der Waals surface area contributed by atoms with E-state index in [0.29, 0.717) is 5.92 Å². The van der Waals surface area contributed by atoms with E-state index in [4.69, 9.17) is 5.73 Å². The second-order valence-corrected chi connectivity index (χ2v) is 6.37. The fraction of sp³-hybridized carbons (Fsp3) is 0.588. The summed E-state index contributed by atoms with van der Waals surface area (Å²) in [5, 5.41) is 0. The summed E-state index contributed by atoms with van der Waals surface area (Å²) < 4.78 is 0. The third kappa shape index (κ3) is 2.54. The predicted octanol–water partition coefficient (Wildman–Crippen LogP) is 3.45. The third-order valence-electron chi connectivity index (χ3n) is 5.14. The van der Waals surface area contributed by atoms with E-state index in [2.05, 4.69) is 0 Å². The molecule has 1 aromatic rings. The number of fused-ring (bicyclic) bond motifs is 2. The Morgan fingerprint density at radius 1 is 1.25 bits per heavy atom. The number of nitrogens with two attached hydrogens (primary N) is 1. The lowest BCUT2D eigenvalue weighted by Gasteiger charge is -2.26. The SMILES string of the molecule is CCN(C(=O)CC1CC2CCC1C2)c1ccc(N)cc1. The van der Waals surface area contributed by atoms with Gasteiger partial charge in [-0.05, 0) is 68.2 Å². The Balaban J connectivity index is 1.66. The van der Waals surface area contributed by atoms with Crippen molar-refractivity contribution in [1.29, 1.82) is 0 Å². The highest BCUT2D eigenvalue weighted by Gasteiger charge is 2.40.